The third kappa shape index (κ3) is 3.62. The smallest absolute Gasteiger partial charge is 0.194 e. The molecule has 3 aromatic carbocycles. The van der Waals surface area contributed by atoms with E-state index in [2.05, 4.69) is 11.8 Å². The van der Waals surface area contributed by atoms with Gasteiger partial charge in [-0.3, -0.25) is 4.79 Å². The van der Waals surface area contributed by atoms with E-state index in [-0.39, 0.29) is 16.9 Å². The molecular formula is C32H17N3O2. The van der Waals surface area contributed by atoms with E-state index in [4.69, 9.17) is 4.42 Å². The summed E-state index contributed by atoms with van der Waals surface area (Å²) < 4.78 is 7.99. The zero-order valence-electron chi connectivity index (χ0n) is 19.7. The molecule has 0 spiro atoms. The number of aromatic nitrogens is 1. The number of carbonyl (C=O) groups is 1. The van der Waals surface area contributed by atoms with E-state index in [0.29, 0.717) is 28.0 Å². The van der Waals surface area contributed by atoms with Crippen molar-refractivity contribution in [1.82, 2.24) is 4.57 Å². The summed E-state index contributed by atoms with van der Waals surface area (Å²) in [6, 6.07) is 28.7. The first-order valence-electron chi connectivity index (χ1n) is 11.6. The average molecular weight is 476 g/mol. The number of allylic oxidation sites excluding steroid dienone is 3. The Kier molecular flexibility index (Phi) is 5.08. The second kappa shape index (κ2) is 8.58. The van der Waals surface area contributed by atoms with E-state index in [1.807, 2.05) is 103 Å². The first-order chi connectivity index (χ1) is 18.1. The van der Waals surface area contributed by atoms with Crippen molar-refractivity contribution in [2.45, 2.75) is 0 Å². The number of ketones is 1. The molecule has 0 fully saturated rings. The molecule has 1 aliphatic carbocycles. The van der Waals surface area contributed by atoms with Crippen LogP contribution >= 0.6 is 0 Å². The number of nitrogens with zero attached hydrogens (tertiary/aromatic N) is 3. The normalized spacial score (nSPS) is 13.3. The summed E-state index contributed by atoms with van der Waals surface area (Å²) in [5.74, 6) is 6.54. The zero-order valence-corrected chi connectivity index (χ0v) is 19.7. The van der Waals surface area contributed by atoms with Gasteiger partial charge in [0.1, 0.15) is 23.5 Å². The molecule has 6 rings (SSSR count). The summed E-state index contributed by atoms with van der Waals surface area (Å²) in [5.41, 5.74) is 4.73. The molecule has 0 unspecified atom stereocenters. The summed E-state index contributed by atoms with van der Waals surface area (Å²) in [5, 5.41) is 21.2. The molecule has 0 saturated carbocycles. The van der Waals surface area contributed by atoms with E-state index in [1.54, 1.807) is 6.08 Å². The van der Waals surface area contributed by atoms with Gasteiger partial charge in [0.25, 0.3) is 0 Å². The zero-order chi connectivity index (χ0) is 25.5. The number of hydrogen-bond acceptors (Lipinski definition) is 4. The predicted octanol–water partition coefficient (Wildman–Crippen LogP) is 6.40. The van der Waals surface area contributed by atoms with Gasteiger partial charge in [-0.1, -0.05) is 48.4 Å². The molecule has 5 nitrogen and oxygen atoms in total. The molecule has 0 aliphatic heterocycles. The van der Waals surface area contributed by atoms with Crippen LogP contribution < -0.4 is 0 Å². The van der Waals surface area contributed by atoms with Gasteiger partial charge in [0.15, 0.2) is 11.4 Å². The maximum atomic E-state index is 13.5. The fourth-order valence-electron chi connectivity index (χ4n) is 4.70. The van der Waals surface area contributed by atoms with Gasteiger partial charge >= 0.3 is 0 Å². The molecule has 0 amide bonds. The molecular weight excluding hydrogens is 458 g/mol. The number of rotatable bonds is 1. The van der Waals surface area contributed by atoms with Gasteiger partial charge in [0, 0.05) is 41.5 Å². The van der Waals surface area contributed by atoms with Gasteiger partial charge < -0.3 is 8.98 Å². The van der Waals surface area contributed by atoms with Crippen LogP contribution in [0.25, 0.3) is 33.5 Å². The lowest BCUT2D eigenvalue weighted by molar-refractivity contribution is 0.104. The van der Waals surface area contributed by atoms with Crippen molar-refractivity contribution < 1.29 is 9.21 Å². The quantitative estimate of drug-likeness (QED) is 0.159. The van der Waals surface area contributed by atoms with Crippen LogP contribution in [0.1, 0.15) is 32.9 Å². The molecule has 0 N–H and O–H groups in total. The lowest BCUT2D eigenvalue weighted by Crippen LogP contribution is -1.96. The Labute approximate surface area is 212 Å². The van der Waals surface area contributed by atoms with Gasteiger partial charge in [-0.2, -0.15) is 10.5 Å². The number of aryl methyl sites for hydroxylation is 1. The second-order valence-corrected chi connectivity index (χ2v) is 8.71. The van der Waals surface area contributed by atoms with Crippen LogP contribution in [0.15, 0.2) is 94.4 Å². The largest absolute Gasteiger partial charge is 0.455 e. The van der Waals surface area contributed by atoms with Gasteiger partial charge in [-0.05, 0) is 52.6 Å². The highest BCUT2D eigenvalue weighted by Crippen LogP contribution is 2.42. The van der Waals surface area contributed by atoms with E-state index >= 15 is 0 Å². The van der Waals surface area contributed by atoms with Crippen LogP contribution in [0.4, 0.5) is 0 Å². The maximum Gasteiger partial charge on any atom is 0.194 e. The number of Topliss-reactive ketones (excluding diaryl/α,β-unsaturated/α-hetero) is 1. The summed E-state index contributed by atoms with van der Waals surface area (Å²) in [4.78, 5) is 13.5. The topological polar surface area (TPSA) is 82.7 Å². The summed E-state index contributed by atoms with van der Waals surface area (Å²) >= 11 is 0. The molecule has 0 atom stereocenters. The average Bonchev–Trinajstić information content (AvgIpc) is 3.54. The number of carbonyl (C=O) groups excluding carboxylic acids is 1. The number of benzene rings is 3. The first kappa shape index (κ1) is 21.9. The van der Waals surface area contributed by atoms with Crippen molar-refractivity contribution in [2.24, 2.45) is 7.05 Å². The highest BCUT2D eigenvalue weighted by molar-refractivity contribution is 6.30. The van der Waals surface area contributed by atoms with Crippen molar-refractivity contribution in [2.75, 3.05) is 0 Å². The van der Waals surface area contributed by atoms with Crippen LogP contribution in [0.5, 0.6) is 0 Å². The molecule has 0 bridgehead atoms. The van der Waals surface area contributed by atoms with Crippen molar-refractivity contribution in [3.8, 4) is 24.0 Å². The molecule has 37 heavy (non-hydrogen) atoms. The van der Waals surface area contributed by atoms with Crippen LogP contribution in [0.2, 0.25) is 0 Å². The number of nitriles is 2. The minimum absolute atomic E-state index is 0.108. The molecule has 0 saturated heterocycles. The Hall–Kier alpha value is -5.57. The number of fused-ring (bicyclic) bond motifs is 3. The standard InChI is InChI=1S/C32H17N3O2/c1-35-24(12-11-20-7-3-2-4-8-20)15-30-29(35)17-25(37-30)16-28-31(23(18-33)19-34)26-13-21-9-5-6-10-22(21)14-27(26)32(28)36/h2-10,13-17H,1H3/b28-16-. The van der Waals surface area contributed by atoms with E-state index in [9.17, 15) is 15.3 Å². The van der Waals surface area contributed by atoms with E-state index in [0.717, 1.165) is 27.5 Å². The molecule has 172 valence electrons. The van der Waals surface area contributed by atoms with Crippen molar-refractivity contribution in [3.63, 3.8) is 0 Å². The van der Waals surface area contributed by atoms with Crippen molar-refractivity contribution in [1.29, 1.82) is 10.5 Å². The summed E-state index contributed by atoms with van der Waals surface area (Å²) in [7, 11) is 1.90. The SMILES string of the molecule is Cn1c(C#Cc2ccccc2)cc2oc(/C=C3\C(=O)c4cc5ccccc5cc4C3=C(C#N)C#N)cc21. The van der Waals surface area contributed by atoms with Crippen molar-refractivity contribution >= 4 is 39.3 Å². The number of furan rings is 1. The minimum atomic E-state index is -0.242. The molecule has 5 aromatic rings. The second-order valence-electron chi connectivity index (χ2n) is 8.71. The highest BCUT2D eigenvalue weighted by atomic mass is 16.3. The van der Waals surface area contributed by atoms with E-state index in [1.165, 1.54) is 0 Å². The third-order valence-corrected chi connectivity index (χ3v) is 6.53. The Morgan fingerprint density at radius 3 is 2.22 bits per heavy atom. The lowest BCUT2D eigenvalue weighted by atomic mass is 9.97. The lowest BCUT2D eigenvalue weighted by Gasteiger charge is -2.04. The predicted molar refractivity (Wildman–Crippen MR) is 142 cm³/mol. The van der Waals surface area contributed by atoms with Gasteiger partial charge in [0.05, 0.1) is 11.2 Å². The Morgan fingerprint density at radius 2 is 1.54 bits per heavy atom. The van der Waals surface area contributed by atoms with E-state index < -0.39 is 0 Å². The molecule has 0 radical (unpaired) electrons. The van der Waals surface area contributed by atoms with Gasteiger partial charge in [0.2, 0.25) is 0 Å². The Bertz CT molecular complexity index is 1960. The number of hydrogen-bond donors (Lipinski definition) is 0. The molecule has 2 heterocycles. The molecule has 1 aliphatic rings. The summed E-state index contributed by atoms with van der Waals surface area (Å²) in [6.07, 6.45) is 1.62. The van der Waals surface area contributed by atoms with Crippen LogP contribution in [0, 0.1) is 34.5 Å². The van der Waals surface area contributed by atoms with Crippen LogP contribution in [-0.4, -0.2) is 10.4 Å². The Balaban J connectivity index is 1.46. The van der Waals surface area contributed by atoms with Gasteiger partial charge in [-0.25, -0.2) is 0 Å². The fraction of sp³-hybridized carbons (Fsp3) is 0.0312. The molecule has 2 aromatic heterocycles. The summed E-state index contributed by atoms with van der Waals surface area (Å²) in [6.45, 7) is 0. The molecule has 5 heteroatoms. The van der Waals surface area contributed by atoms with Crippen LogP contribution in [0.3, 0.4) is 0 Å². The monoisotopic (exact) mass is 475 g/mol. The fourth-order valence-corrected chi connectivity index (χ4v) is 4.70. The first-order valence-corrected chi connectivity index (χ1v) is 11.6. The Morgan fingerprint density at radius 1 is 0.865 bits per heavy atom. The minimum Gasteiger partial charge on any atom is -0.455 e. The maximum absolute atomic E-state index is 13.5. The third-order valence-electron chi connectivity index (χ3n) is 6.53. The van der Waals surface area contributed by atoms with Crippen LogP contribution in [-0.2, 0) is 7.05 Å². The highest BCUT2D eigenvalue weighted by Gasteiger charge is 2.33. The van der Waals surface area contributed by atoms with Crippen molar-refractivity contribution in [3.05, 3.63) is 118 Å². The van der Waals surface area contributed by atoms with Gasteiger partial charge in [-0.15, -0.1) is 0 Å².